The molecule has 3 aliphatic rings. The first-order chi connectivity index (χ1) is 17.9. The normalized spacial score (nSPS) is 24.4. The first-order valence-electron chi connectivity index (χ1n) is 12.8. The molecule has 37 heavy (non-hydrogen) atoms. The second-order valence-electron chi connectivity index (χ2n) is 10.3. The Morgan fingerprint density at radius 3 is 2.68 bits per heavy atom. The molecule has 0 aliphatic carbocycles. The lowest BCUT2D eigenvalue weighted by Crippen LogP contribution is -2.44. The number of aromatic nitrogens is 2. The zero-order valence-electron chi connectivity index (χ0n) is 21.1. The highest BCUT2D eigenvalue weighted by Gasteiger charge is 2.46. The lowest BCUT2D eigenvalue weighted by molar-refractivity contribution is -0.144. The molecule has 3 saturated heterocycles. The number of nitrogens with zero attached hydrogens (tertiary/aromatic N) is 4. The molecule has 4 N–H and O–H groups in total. The van der Waals surface area contributed by atoms with Crippen LogP contribution in [0.1, 0.15) is 43.2 Å². The molecule has 6 rings (SSSR count). The summed E-state index contributed by atoms with van der Waals surface area (Å²) in [7, 11) is 0. The minimum atomic E-state index is -0.722. The Bertz CT molecular complexity index is 1280. The highest BCUT2D eigenvalue weighted by molar-refractivity contribution is 7.18. The summed E-state index contributed by atoms with van der Waals surface area (Å²) in [5.41, 5.74) is 8.28. The number of fused-ring (bicyclic) bond motifs is 3. The zero-order valence-corrected chi connectivity index (χ0v) is 21.9. The number of hydrogen-bond donors (Lipinski definition) is 3. The summed E-state index contributed by atoms with van der Waals surface area (Å²) in [5.74, 6) is -0.871. The maximum Gasteiger partial charge on any atom is 0.314 e. The molecule has 0 radical (unpaired) electrons. The van der Waals surface area contributed by atoms with Crippen molar-refractivity contribution in [3.8, 4) is 0 Å². The number of pyridine rings is 1. The standard InChI is InChI=1S/C14H19N5O2.C13H14N2S/c1-9-3-2-4-19(8-9)14(21)13(20)18-11-7-17-6-10(5-15)12(11)16;1-2-4-11-10(3-1)14-12(16-11)13-5-7-15(9-13)8-6-13/h5-7,9,15H,2-4,8H2,1H3,(H2,16,17)(H,18,20);1-4H,5-9H2. The van der Waals surface area contributed by atoms with Crippen LogP contribution in [0, 0.1) is 11.3 Å². The second-order valence-corrected chi connectivity index (χ2v) is 11.4. The lowest BCUT2D eigenvalue weighted by Gasteiger charge is -2.30. The van der Waals surface area contributed by atoms with Gasteiger partial charge in [0.1, 0.15) is 5.01 Å². The second kappa shape index (κ2) is 10.5. The molecule has 5 heterocycles. The molecule has 2 aromatic heterocycles. The number of carbonyl (C=O) groups excluding carboxylic acids is 2. The van der Waals surface area contributed by atoms with Crippen molar-refractivity contribution < 1.29 is 9.59 Å². The third-order valence-corrected chi connectivity index (χ3v) is 8.93. The summed E-state index contributed by atoms with van der Waals surface area (Å²) in [6, 6.07) is 8.51. The molecule has 3 fully saturated rings. The molecule has 10 heteroatoms. The monoisotopic (exact) mass is 519 g/mol. The zero-order chi connectivity index (χ0) is 26.0. The van der Waals surface area contributed by atoms with E-state index in [1.807, 2.05) is 11.3 Å². The summed E-state index contributed by atoms with van der Waals surface area (Å²) in [5, 5.41) is 11.1. The van der Waals surface area contributed by atoms with Gasteiger partial charge in [0.25, 0.3) is 0 Å². The number of para-hydroxylation sites is 1. The van der Waals surface area contributed by atoms with E-state index < -0.39 is 11.8 Å². The smallest absolute Gasteiger partial charge is 0.314 e. The fourth-order valence-electron chi connectivity index (χ4n) is 5.50. The average Bonchev–Trinajstić information content (AvgIpc) is 3.65. The van der Waals surface area contributed by atoms with Crippen molar-refractivity contribution in [1.29, 1.82) is 5.41 Å². The number of piperidine rings is 2. The fourth-order valence-corrected chi connectivity index (χ4v) is 6.70. The van der Waals surface area contributed by atoms with Gasteiger partial charge in [0, 0.05) is 43.0 Å². The number of hydrogen-bond acceptors (Lipinski definition) is 8. The van der Waals surface area contributed by atoms with E-state index in [2.05, 4.69) is 46.4 Å². The number of anilines is 2. The van der Waals surface area contributed by atoms with E-state index in [9.17, 15) is 9.59 Å². The van der Waals surface area contributed by atoms with Crippen LogP contribution in [-0.2, 0) is 15.0 Å². The van der Waals surface area contributed by atoms with E-state index in [1.165, 1.54) is 60.1 Å². The van der Waals surface area contributed by atoms with Crippen LogP contribution < -0.4 is 11.1 Å². The minimum absolute atomic E-state index is 0.230. The van der Waals surface area contributed by atoms with Gasteiger partial charge in [-0.1, -0.05) is 19.1 Å². The largest absolute Gasteiger partial charge is 0.396 e. The van der Waals surface area contributed by atoms with Crippen LogP contribution in [0.15, 0.2) is 36.7 Å². The van der Waals surface area contributed by atoms with Crippen molar-refractivity contribution in [2.75, 3.05) is 43.8 Å². The number of amides is 2. The van der Waals surface area contributed by atoms with E-state index >= 15 is 0 Å². The molecule has 0 spiro atoms. The summed E-state index contributed by atoms with van der Waals surface area (Å²) in [6.45, 7) is 7.05. The van der Waals surface area contributed by atoms with E-state index in [1.54, 1.807) is 4.90 Å². The predicted molar refractivity (Wildman–Crippen MR) is 147 cm³/mol. The van der Waals surface area contributed by atoms with Crippen molar-refractivity contribution in [2.24, 2.45) is 5.92 Å². The van der Waals surface area contributed by atoms with Crippen molar-refractivity contribution >= 4 is 51.0 Å². The number of nitrogens with two attached hydrogens (primary N) is 1. The van der Waals surface area contributed by atoms with E-state index in [0.717, 1.165) is 19.1 Å². The van der Waals surface area contributed by atoms with Crippen LogP contribution >= 0.6 is 11.3 Å². The summed E-state index contributed by atoms with van der Waals surface area (Å²) < 4.78 is 1.34. The number of benzene rings is 1. The highest BCUT2D eigenvalue weighted by atomic mass is 32.1. The molecule has 3 aromatic rings. The predicted octanol–water partition coefficient (Wildman–Crippen LogP) is 3.50. The Morgan fingerprint density at radius 2 is 2.00 bits per heavy atom. The topological polar surface area (TPSA) is 128 Å². The molecule has 194 valence electrons. The van der Waals surface area contributed by atoms with Gasteiger partial charge in [-0.05, 0) is 56.8 Å². The molecule has 9 nitrogen and oxygen atoms in total. The van der Waals surface area contributed by atoms with Gasteiger partial charge < -0.3 is 26.3 Å². The van der Waals surface area contributed by atoms with Gasteiger partial charge in [0.05, 0.1) is 27.8 Å². The van der Waals surface area contributed by atoms with Crippen LogP contribution in [0.25, 0.3) is 10.2 Å². The van der Waals surface area contributed by atoms with Gasteiger partial charge in [0.15, 0.2) is 0 Å². The Hall–Kier alpha value is -3.37. The van der Waals surface area contributed by atoms with E-state index in [4.69, 9.17) is 16.1 Å². The van der Waals surface area contributed by atoms with E-state index in [0.29, 0.717) is 30.0 Å². The summed E-state index contributed by atoms with van der Waals surface area (Å²) in [4.78, 5) is 37.0. The van der Waals surface area contributed by atoms with Crippen molar-refractivity contribution in [3.63, 3.8) is 0 Å². The van der Waals surface area contributed by atoms with Crippen LogP contribution in [0.3, 0.4) is 0 Å². The number of nitrogens with one attached hydrogen (secondary N) is 2. The molecule has 0 saturated carbocycles. The molecule has 1 aromatic carbocycles. The number of carbonyl (C=O) groups is 2. The fraction of sp³-hybridized carbons (Fsp3) is 0.444. The van der Waals surface area contributed by atoms with Crippen molar-refractivity contribution in [2.45, 2.75) is 38.0 Å². The minimum Gasteiger partial charge on any atom is -0.396 e. The Balaban J connectivity index is 0.000000156. The van der Waals surface area contributed by atoms with Gasteiger partial charge in [-0.15, -0.1) is 11.3 Å². The molecule has 2 bridgehead atoms. The average molecular weight is 520 g/mol. The van der Waals surface area contributed by atoms with Crippen molar-refractivity contribution in [1.82, 2.24) is 19.8 Å². The Morgan fingerprint density at radius 1 is 1.22 bits per heavy atom. The molecule has 1 atom stereocenters. The summed E-state index contributed by atoms with van der Waals surface area (Å²) in [6.07, 6.45) is 8.45. The van der Waals surface area contributed by atoms with Crippen LogP contribution in [0.2, 0.25) is 0 Å². The number of thiazole rings is 1. The Labute approximate surface area is 220 Å². The third-order valence-electron chi connectivity index (χ3n) is 7.65. The van der Waals surface area contributed by atoms with Gasteiger partial charge in [-0.2, -0.15) is 0 Å². The van der Waals surface area contributed by atoms with Gasteiger partial charge >= 0.3 is 11.8 Å². The van der Waals surface area contributed by atoms with Crippen LogP contribution in [-0.4, -0.2) is 70.5 Å². The SMILES string of the molecule is CC1CCCN(C(=O)C(=O)Nc2cncc(C=N)c2N)C1.c1ccc2sc(C34CCN(CC3)C4)nc2c1. The highest BCUT2D eigenvalue weighted by Crippen LogP contribution is 2.45. The lowest BCUT2D eigenvalue weighted by atomic mass is 9.85. The number of nitrogen functional groups attached to an aromatic ring is 1. The molecule has 3 aliphatic heterocycles. The molecular weight excluding hydrogens is 486 g/mol. The molecule has 1 unspecified atom stereocenters. The quantitative estimate of drug-likeness (QED) is 0.359. The third kappa shape index (κ3) is 5.21. The Kier molecular flexibility index (Phi) is 7.21. The van der Waals surface area contributed by atoms with Gasteiger partial charge in [-0.3, -0.25) is 14.6 Å². The van der Waals surface area contributed by atoms with Gasteiger partial charge in [0.2, 0.25) is 0 Å². The number of likely N-dealkylation sites (tertiary alicyclic amines) is 1. The van der Waals surface area contributed by atoms with Gasteiger partial charge in [-0.25, -0.2) is 4.98 Å². The van der Waals surface area contributed by atoms with Crippen molar-refractivity contribution in [3.05, 3.63) is 47.2 Å². The van der Waals surface area contributed by atoms with Crippen LogP contribution in [0.4, 0.5) is 11.4 Å². The maximum atomic E-state index is 12.1. The first-order valence-corrected chi connectivity index (χ1v) is 13.6. The van der Waals surface area contributed by atoms with E-state index in [-0.39, 0.29) is 11.4 Å². The first kappa shape index (κ1) is 25.3. The molecule has 2 amide bonds. The number of rotatable bonds is 3. The van der Waals surface area contributed by atoms with Crippen LogP contribution in [0.5, 0.6) is 0 Å². The summed E-state index contributed by atoms with van der Waals surface area (Å²) >= 11 is 1.91. The molecular formula is C27H33N7O2S. The maximum absolute atomic E-state index is 12.1.